The van der Waals surface area contributed by atoms with Crippen LogP contribution in [0.5, 0.6) is 0 Å². The number of nitrogens with zero attached hydrogens (tertiary/aromatic N) is 1. The van der Waals surface area contributed by atoms with E-state index in [1.54, 1.807) is 19.1 Å². The van der Waals surface area contributed by atoms with Gasteiger partial charge in [-0.2, -0.15) is 0 Å². The quantitative estimate of drug-likeness (QED) is 0.804. The standard InChI is InChI=1S/C18H13Cl2FN2O2/c1-2-23-17(24)15(13-8-3-10(19)9-14(13)20)16(18(23)25)22-12-6-4-11(21)5-7-12/h3-9,22H,2H2,1H3. The van der Waals surface area contributed by atoms with Crippen LogP contribution in [0.1, 0.15) is 12.5 Å². The van der Waals surface area contributed by atoms with Gasteiger partial charge in [0.15, 0.2) is 0 Å². The predicted molar refractivity (Wildman–Crippen MR) is 95.8 cm³/mol. The summed E-state index contributed by atoms with van der Waals surface area (Å²) < 4.78 is 13.1. The van der Waals surface area contributed by atoms with Crippen molar-refractivity contribution in [2.45, 2.75) is 6.92 Å². The number of imide groups is 1. The predicted octanol–water partition coefficient (Wildman–Crippen LogP) is 4.34. The Balaban J connectivity index is 2.12. The molecule has 0 saturated carbocycles. The van der Waals surface area contributed by atoms with E-state index in [4.69, 9.17) is 23.2 Å². The Morgan fingerprint density at radius 2 is 1.72 bits per heavy atom. The van der Waals surface area contributed by atoms with Crippen molar-refractivity contribution in [1.82, 2.24) is 4.90 Å². The number of benzene rings is 2. The molecule has 4 nitrogen and oxygen atoms in total. The summed E-state index contributed by atoms with van der Waals surface area (Å²) in [5.41, 5.74) is 1.16. The first kappa shape index (κ1) is 17.5. The first-order valence-corrected chi connectivity index (χ1v) is 8.26. The molecule has 0 aromatic heterocycles. The molecule has 0 radical (unpaired) electrons. The third-order valence-corrected chi connectivity index (χ3v) is 4.35. The van der Waals surface area contributed by atoms with Crippen LogP contribution in [-0.2, 0) is 9.59 Å². The second-order valence-electron chi connectivity index (χ2n) is 5.36. The van der Waals surface area contributed by atoms with Crippen LogP contribution >= 0.6 is 23.2 Å². The van der Waals surface area contributed by atoms with E-state index in [-0.39, 0.29) is 22.8 Å². The van der Waals surface area contributed by atoms with E-state index in [2.05, 4.69) is 5.32 Å². The lowest BCUT2D eigenvalue weighted by molar-refractivity contribution is -0.136. The van der Waals surface area contributed by atoms with Crippen molar-refractivity contribution < 1.29 is 14.0 Å². The van der Waals surface area contributed by atoms with Gasteiger partial charge < -0.3 is 5.32 Å². The molecule has 2 amide bonds. The normalized spacial score (nSPS) is 14.5. The van der Waals surface area contributed by atoms with E-state index in [0.29, 0.717) is 16.3 Å². The zero-order valence-corrected chi connectivity index (χ0v) is 14.7. The van der Waals surface area contributed by atoms with E-state index in [9.17, 15) is 14.0 Å². The molecule has 0 bridgehead atoms. The average Bonchev–Trinajstić information content (AvgIpc) is 2.80. The molecule has 3 rings (SSSR count). The third kappa shape index (κ3) is 3.25. The number of nitrogens with one attached hydrogen (secondary N) is 1. The summed E-state index contributed by atoms with van der Waals surface area (Å²) in [6.45, 7) is 1.93. The maximum Gasteiger partial charge on any atom is 0.278 e. The number of halogens is 3. The number of carbonyl (C=O) groups is 2. The van der Waals surface area contributed by atoms with Gasteiger partial charge in [-0.1, -0.05) is 29.3 Å². The zero-order valence-electron chi connectivity index (χ0n) is 13.1. The minimum absolute atomic E-state index is 0.0997. The molecule has 7 heteroatoms. The maximum absolute atomic E-state index is 13.1. The molecule has 2 aromatic rings. The van der Waals surface area contributed by atoms with Crippen molar-refractivity contribution in [3.63, 3.8) is 0 Å². The molecule has 0 saturated heterocycles. The van der Waals surface area contributed by atoms with Crippen molar-refractivity contribution in [3.8, 4) is 0 Å². The Morgan fingerprint density at radius 1 is 1.04 bits per heavy atom. The molecule has 1 N–H and O–H groups in total. The van der Waals surface area contributed by atoms with Crippen LogP contribution in [0.25, 0.3) is 5.57 Å². The van der Waals surface area contributed by atoms with Gasteiger partial charge in [0.1, 0.15) is 11.5 Å². The Labute approximate surface area is 153 Å². The minimum Gasteiger partial charge on any atom is -0.350 e. The van der Waals surface area contributed by atoms with Gasteiger partial charge in [-0.15, -0.1) is 0 Å². The topological polar surface area (TPSA) is 49.4 Å². The summed E-state index contributed by atoms with van der Waals surface area (Å²) >= 11 is 12.1. The average molecular weight is 379 g/mol. The number of rotatable bonds is 4. The SMILES string of the molecule is CCN1C(=O)C(Nc2ccc(F)cc2)=C(c2ccc(Cl)cc2Cl)C1=O. The molecule has 1 heterocycles. The van der Waals surface area contributed by atoms with Crippen LogP contribution in [0.4, 0.5) is 10.1 Å². The molecule has 1 aliphatic rings. The van der Waals surface area contributed by atoms with Gasteiger partial charge in [0.25, 0.3) is 11.8 Å². The van der Waals surface area contributed by atoms with Crippen molar-refractivity contribution in [2.75, 3.05) is 11.9 Å². The van der Waals surface area contributed by atoms with E-state index in [1.165, 1.54) is 30.3 Å². The summed E-state index contributed by atoms with van der Waals surface area (Å²) in [7, 11) is 0. The number of hydrogen-bond acceptors (Lipinski definition) is 3. The number of hydrogen-bond donors (Lipinski definition) is 1. The Morgan fingerprint density at radius 3 is 2.32 bits per heavy atom. The molecular weight excluding hydrogens is 366 g/mol. The van der Waals surface area contributed by atoms with E-state index in [1.807, 2.05) is 0 Å². The lowest BCUT2D eigenvalue weighted by Gasteiger charge is -2.12. The van der Waals surface area contributed by atoms with Crippen LogP contribution in [0.3, 0.4) is 0 Å². The van der Waals surface area contributed by atoms with Gasteiger partial charge >= 0.3 is 0 Å². The fourth-order valence-electron chi connectivity index (χ4n) is 2.60. The third-order valence-electron chi connectivity index (χ3n) is 3.80. The monoisotopic (exact) mass is 378 g/mol. The summed E-state index contributed by atoms with van der Waals surface area (Å²) in [5, 5.41) is 3.60. The second kappa shape index (κ2) is 6.86. The number of likely N-dealkylation sites (N-methyl/N-ethyl adjacent to an activating group) is 1. The van der Waals surface area contributed by atoms with Crippen molar-refractivity contribution >= 4 is 46.3 Å². The maximum atomic E-state index is 13.1. The molecule has 25 heavy (non-hydrogen) atoms. The van der Waals surface area contributed by atoms with Gasteiger partial charge in [-0.05, 0) is 43.3 Å². The highest BCUT2D eigenvalue weighted by atomic mass is 35.5. The van der Waals surface area contributed by atoms with Gasteiger partial charge in [0.2, 0.25) is 0 Å². The largest absolute Gasteiger partial charge is 0.350 e. The lowest BCUT2D eigenvalue weighted by atomic mass is 10.0. The highest BCUT2D eigenvalue weighted by molar-refractivity contribution is 6.41. The van der Waals surface area contributed by atoms with Crippen molar-refractivity contribution in [3.05, 3.63) is 69.6 Å². The molecule has 0 spiro atoms. The van der Waals surface area contributed by atoms with E-state index >= 15 is 0 Å². The van der Waals surface area contributed by atoms with Crippen LogP contribution in [0, 0.1) is 5.82 Å². The smallest absolute Gasteiger partial charge is 0.278 e. The van der Waals surface area contributed by atoms with E-state index in [0.717, 1.165) is 4.90 Å². The van der Waals surface area contributed by atoms with Crippen LogP contribution in [-0.4, -0.2) is 23.3 Å². The van der Waals surface area contributed by atoms with Crippen LogP contribution in [0.15, 0.2) is 48.2 Å². The minimum atomic E-state index is -0.460. The number of amides is 2. The first-order valence-electron chi connectivity index (χ1n) is 7.51. The van der Waals surface area contributed by atoms with E-state index < -0.39 is 17.6 Å². The molecule has 1 aliphatic heterocycles. The van der Waals surface area contributed by atoms with Gasteiger partial charge in [-0.25, -0.2) is 4.39 Å². The molecule has 128 valence electrons. The Bertz CT molecular complexity index is 894. The van der Waals surface area contributed by atoms with Crippen molar-refractivity contribution in [1.29, 1.82) is 0 Å². The number of anilines is 1. The summed E-state index contributed by atoms with van der Waals surface area (Å²) in [5.74, 6) is -1.30. The molecule has 0 unspecified atom stereocenters. The summed E-state index contributed by atoms with van der Waals surface area (Å²) in [6, 6.07) is 10.2. The summed E-state index contributed by atoms with van der Waals surface area (Å²) in [4.78, 5) is 26.4. The van der Waals surface area contributed by atoms with Gasteiger partial charge in [0.05, 0.1) is 10.6 Å². The second-order valence-corrected chi connectivity index (χ2v) is 6.20. The van der Waals surface area contributed by atoms with Gasteiger partial charge in [-0.3, -0.25) is 14.5 Å². The zero-order chi connectivity index (χ0) is 18.1. The molecule has 0 fully saturated rings. The Kier molecular flexibility index (Phi) is 4.79. The fraction of sp³-hybridized carbons (Fsp3) is 0.111. The Hall–Kier alpha value is -2.37. The molecule has 0 aliphatic carbocycles. The lowest BCUT2D eigenvalue weighted by Crippen LogP contribution is -2.32. The molecule has 0 atom stereocenters. The highest BCUT2D eigenvalue weighted by Crippen LogP contribution is 2.35. The first-order chi connectivity index (χ1) is 11.9. The molecule has 2 aromatic carbocycles. The van der Waals surface area contributed by atoms with Crippen molar-refractivity contribution in [2.24, 2.45) is 0 Å². The highest BCUT2D eigenvalue weighted by Gasteiger charge is 2.39. The fourth-order valence-corrected chi connectivity index (χ4v) is 3.10. The van der Waals surface area contributed by atoms with Crippen LogP contribution < -0.4 is 5.32 Å². The van der Waals surface area contributed by atoms with Gasteiger partial charge in [0, 0.05) is 22.8 Å². The summed E-state index contributed by atoms with van der Waals surface area (Å²) in [6.07, 6.45) is 0. The number of carbonyl (C=O) groups excluding carboxylic acids is 2. The van der Waals surface area contributed by atoms with Crippen LogP contribution in [0.2, 0.25) is 10.0 Å². The molecular formula is C18H13Cl2FN2O2.